The Morgan fingerprint density at radius 3 is 3.35 bits per heavy atom. The number of fused-ring (bicyclic) bond motifs is 1. The first-order valence-electron chi connectivity index (χ1n) is 5.73. The van der Waals surface area contributed by atoms with Crippen LogP contribution < -0.4 is 10.1 Å². The zero-order valence-electron chi connectivity index (χ0n) is 9.61. The van der Waals surface area contributed by atoms with E-state index in [1.165, 1.54) is 0 Å². The van der Waals surface area contributed by atoms with Gasteiger partial charge < -0.3 is 10.1 Å². The van der Waals surface area contributed by atoms with Crippen LogP contribution in [0.3, 0.4) is 0 Å². The average Bonchev–Trinajstić information content (AvgIpc) is 2.78. The Morgan fingerprint density at radius 1 is 1.71 bits per heavy atom. The molecule has 1 N–H and O–H groups in total. The van der Waals surface area contributed by atoms with Gasteiger partial charge in [0.15, 0.2) is 5.69 Å². The van der Waals surface area contributed by atoms with E-state index < -0.39 is 0 Å². The topological polar surface area (TPSA) is 56.2 Å². The highest BCUT2D eigenvalue weighted by Gasteiger charge is 2.17. The Balaban J connectivity index is 1.91. The Labute approximate surface area is 100 Å². The van der Waals surface area contributed by atoms with Crippen molar-refractivity contribution in [2.24, 2.45) is 0 Å². The van der Waals surface area contributed by atoms with Crippen LogP contribution in [0.15, 0.2) is 6.07 Å². The molecule has 0 aromatic carbocycles. The van der Waals surface area contributed by atoms with Gasteiger partial charge in [0.2, 0.25) is 5.88 Å². The quantitative estimate of drug-likeness (QED) is 0.618. The van der Waals surface area contributed by atoms with Crippen LogP contribution in [0.25, 0.3) is 0 Å². The van der Waals surface area contributed by atoms with E-state index in [1.54, 1.807) is 10.7 Å². The molecule has 0 aliphatic carbocycles. The van der Waals surface area contributed by atoms with E-state index in [2.05, 4.69) is 16.3 Å². The lowest BCUT2D eigenvalue weighted by Crippen LogP contribution is -2.25. The fraction of sp³-hybridized carbons (Fsp3) is 0.500. The van der Waals surface area contributed by atoms with Crippen molar-refractivity contribution in [1.82, 2.24) is 15.1 Å². The summed E-state index contributed by atoms with van der Waals surface area (Å²) in [5.74, 6) is 3.03. The number of unbranched alkanes of at least 4 members (excludes halogenated alkanes) is 1. The largest absolute Gasteiger partial charge is 0.478 e. The van der Waals surface area contributed by atoms with Crippen LogP contribution in [0, 0.1) is 12.3 Å². The number of hydrogen-bond acceptors (Lipinski definition) is 3. The summed E-state index contributed by atoms with van der Waals surface area (Å²) in [6, 6.07) is 1.68. The Bertz CT molecular complexity index is 422. The maximum Gasteiger partial charge on any atom is 0.271 e. The number of hydrogen-bond donors (Lipinski definition) is 1. The van der Waals surface area contributed by atoms with Crippen LogP contribution in [-0.4, -0.2) is 28.8 Å². The zero-order chi connectivity index (χ0) is 12.1. The number of rotatable bonds is 4. The van der Waals surface area contributed by atoms with Gasteiger partial charge in [0, 0.05) is 32.0 Å². The Hall–Kier alpha value is -1.96. The second-order valence-corrected chi connectivity index (χ2v) is 3.86. The molecule has 0 saturated heterocycles. The molecule has 5 nitrogen and oxygen atoms in total. The van der Waals surface area contributed by atoms with E-state index in [1.807, 2.05) is 0 Å². The predicted octanol–water partition coefficient (Wildman–Crippen LogP) is 0.809. The molecule has 0 unspecified atom stereocenters. The molecule has 0 fully saturated rings. The second-order valence-electron chi connectivity index (χ2n) is 3.86. The van der Waals surface area contributed by atoms with Gasteiger partial charge in [-0.25, -0.2) is 4.68 Å². The van der Waals surface area contributed by atoms with Crippen molar-refractivity contribution in [3.8, 4) is 18.2 Å². The van der Waals surface area contributed by atoms with Gasteiger partial charge in [-0.15, -0.1) is 12.3 Å². The first kappa shape index (κ1) is 11.5. The van der Waals surface area contributed by atoms with Crippen LogP contribution in [0.1, 0.15) is 29.8 Å². The molecule has 1 aliphatic heterocycles. The van der Waals surface area contributed by atoms with Crippen LogP contribution >= 0.6 is 0 Å². The second kappa shape index (κ2) is 5.39. The van der Waals surface area contributed by atoms with Gasteiger partial charge >= 0.3 is 0 Å². The smallest absolute Gasteiger partial charge is 0.271 e. The first-order chi connectivity index (χ1) is 8.31. The molecule has 5 heteroatoms. The van der Waals surface area contributed by atoms with E-state index in [4.69, 9.17) is 11.2 Å². The third kappa shape index (κ3) is 2.78. The van der Waals surface area contributed by atoms with Crippen molar-refractivity contribution >= 4 is 5.91 Å². The molecule has 0 spiro atoms. The fourth-order valence-corrected chi connectivity index (χ4v) is 1.66. The standard InChI is InChI=1S/C12H15N3O2/c1-2-3-4-6-13-12(16)10-9-11-15(14-10)7-5-8-17-11/h1,9H,3-8H2,(H,13,16). The van der Waals surface area contributed by atoms with Crippen molar-refractivity contribution in [2.75, 3.05) is 13.2 Å². The average molecular weight is 233 g/mol. The molecule has 1 amide bonds. The van der Waals surface area contributed by atoms with Crippen LogP contribution in [0.2, 0.25) is 0 Å². The lowest BCUT2D eigenvalue weighted by molar-refractivity contribution is 0.0947. The minimum Gasteiger partial charge on any atom is -0.478 e. The number of carbonyl (C=O) groups is 1. The summed E-state index contributed by atoms with van der Waals surface area (Å²) < 4.78 is 7.11. The highest BCUT2D eigenvalue weighted by molar-refractivity contribution is 5.92. The molecular weight excluding hydrogens is 218 g/mol. The number of nitrogens with zero attached hydrogens (tertiary/aromatic N) is 2. The molecule has 90 valence electrons. The zero-order valence-corrected chi connectivity index (χ0v) is 9.61. The van der Waals surface area contributed by atoms with E-state index in [-0.39, 0.29) is 5.91 Å². The molecule has 17 heavy (non-hydrogen) atoms. The number of aryl methyl sites for hydroxylation is 1. The van der Waals surface area contributed by atoms with Gasteiger partial charge in [0.1, 0.15) is 0 Å². The lowest BCUT2D eigenvalue weighted by atomic mass is 10.3. The molecule has 0 atom stereocenters. The van der Waals surface area contributed by atoms with E-state index >= 15 is 0 Å². The van der Waals surface area contributed by atoms with Gasteiger partial charge in [-0.05, 0) is 6.42 Å². The predicted molar refractivity (Wildman–Crippen MR) is 62.7 cm³/mol. The number of ether oxygens (including phenoxy) is 1. The highest BCUT2D eigenvalue weighted by Crippen LogP contribution is 2.18. The summed E-state index contributed by atoms with van der Waals surface area (Å²) in [5.41, 5.74) is 0.405. The van der Waals surface area contributed by atoms with E-state index in [0.29, 0.717) is 31.1 Å². The monoisotopic (exact) mass is 233 g/mol. The lowest BCUT2D eigenvalue weighted by Gasteiger charge is -2.13. The minimum atomic E-state index is -0.174. The van der Waals surface area contributed by atoms with Gasteiger partial charge in [-0.2, -0.15) is 5.10 Å². The number of terminal acetylenes is 1. The molecule has 1 aliphatic rings. The minimum absolute atomic E-state index is 0.174. The molecule has 0 saturated carbocycles. The summed E-state index contributed by atoms with van der Waals surface area (Å²) >= 11 is 0. The molecule has 1 aromatic heterocycles. The summed E-state index contributed by atoms with van der Waals surface area (Å²) in [6.45, 7) is 2.07. The first-order valence-corrected chi connectivity index (χ1v) is 5.73. The molecule has 0 bridgehead atoms. The number of amides is 1. The molecular formula is C12H15N3O2. The van der Waals surface area contributed by atoms with Crippen LogP contribution in [-0.2, 0) is 6.54 Å². The SMILES string of the molecule is C#CCCCNC(=O)c1cc2n(n1)CCCO2. The summed E-state index contributed by atoms with van der Waals surface area (Å²) in [7, 11) is 0. The number of aromatic nitrogens is 2. The maximum atomic E-state index is 11.7. The number of carbonyl (C=O) groups excluding carboxylic acids is 1. The highest BCUT2D eigenvalue weighted by atomic mass is 16.5. The normalized spacial score (nSPS) is 13.4. The summed E-state index contributed by atoms with van der Waals surface area (Å²) in [4.78, 5) is 11.7. The van der Waals surface area contributed by atoms with Gasteiger partial charge in [-0.1, -0.05) is 0 Å². The number of nitrogens with one attached hydrogen (secondary N) is 1. The van der Waals surface area contributed by atoms with Crippen molar-refractivity contribution in [3.63, 3.8) is 0 Å². The Morgan fingerprint density at radius 2 is 2.59 bits per heavy atom. The fourth-order valence-electron chi connectivity index (χ4n) is 1.66. The van der Waals surface area contributed by atoms with Gasteiger partial charge in [-0.3, -0.25) is 4.79 Å². The molecule has 2 rings (SSSR count). The summed E-state index contributed by atoms with van der Waals surface area (Å²) in [5, 5.41) is 6.97. The van der Waals surface area contributed by atoms with E-state index in [9.17, 15) is 4.79 Å². The van der Waals surface area contributed by atoms with Crippen molar-refractivity contribution < 1.29 is 9.53 Å². The van der Waals surface area contributed by atoms with E-state index in [0.717, 1.165) is 19.4 Å². The van der Waals surface area contributed by atoms with Crippen molar-refractivity contribution in [3.05, 3.63) is 11.8 Å². The molecule has 0 radical (unpaired) electrons. The third-order valence-corrected chi connectivity index (χ3v) is 2.52. The van der Waals surface area contributed by atoms with Gasteiger partial charge in [0.05, 0.1) is 6.61 Å². The summed E-state index contributed by atoms with van der Waals surface area (Å²) in [6.07, 6.45) is 7.51. The van der Waals surface area contributed by atoms with Crippen molar-refractivity contribution in [1.29, 1.82) is 0 Å². The molecule has 2 heterocycles. The Kier molecular flexibility index (Phi) is 3.66. The van der Waals surface area contributed by atoms with Gasteiger partial charge in [0.25, 0.3) is 5.91 Å². The van der Waals surface area contributed by atoms with Crippen LogP contribution in [0.5, 0.6) is 5.88 Å². The maximum absolute atomic E-state index is 11.7. The van der Waals surface area contributed by atoms with Crippen molar-refractivity contribution in [2.45, 2.75) is 25.8 Å². The van der Waals surface area contributed by atoms with Crippen LogP contribution in [0.4, 0.5) is 0 Å². The third-order valence-electron chi connectivity index (χ3n) is 2.52. The molecule has 1 aromatic rings.